The van der Waals surface area contributed by atoms with Crippen LogP contribution >= 0.6 is 0 Å². The molecule has 0 radical (unpaired) electrons. The number of halogens is 2. The maximum absolute atomic E-state index is 6.78. The molecule has 0 fully saturated rings. The average Bonchev–Trinajstić information content (AvgIpc) is 4.01. The Morgan fingerprint density at radius 1 is 0.364 bits per heavy atom. The molecule has 2 unspecified atom stereocenters. The molecule has 10 aromatic rings. The summed E-state index contributed by atoms with van der Waals surface area (Å²) in [7, 11) is 0. The Hall–Kier alpha value is -5.18. The molecule has 2 aliphatic rings. The van der Waals surface area contributed by atoms with Crippen molar-refractivity contribution in [3.8, 4) is 0 Å². The van der Waals surface area contributed by atoms with Crippen molar-refractivity contribution in [2.45, 2.75) is 7.25 Å². The van der Waals surface area contributed by atoms with E-state index in [0.29, 0.717) is 0 Å². The van der Waals surface area contributed by atoms with Crippen LogP contribution in [0.4, 0.5) is 0 Å². The molecule has 2 atom stereocenters. The van der Waals surface area contributed by atoms with Crippen LogP contribution in [-0.2, 0) is 23.2 Å². The molecule has 0 N–H and O–H groups in total. The predicted octanol–water partition coefficient (Wildman–Crippen LogP) is 7.77. The Morgan fingerprint density at radius 2 is 0.691 bits per heavy atom. The monoisotopic (exact) mass is 822 g/mol. The molecular weight excluding hydrogens is 795 g/mol. The van der Waals surface area contributed by atoms with Crippen LogP contribution in [0, 0.1) is 0 Å². The SMILES string of the molecule is C1=C(c2cc3ccccc3o2)[CH]([Zr+2][CH]2C(c3cc4ccccc4o3)=Cc3c2c2ccccc2c2ccccc32)c2c1c1ccccc1c1ccccc21.[Cl-].[Cl-]. The van der Waals surface area contributed by atoms with Crippen molar-refractivity contribution in [2.24, 2.45) is 0 Å². The van der Waals surface area contributed by atoms with Gasteiger partial charge in [-0.1, -0.05) is 0 Å². The Labute approximate surface area is 341 Å². The number of benzene rings is 8. The molecule has 2 aliphatic carbocycles. The predicted molar refractivity (Wildman–Crippen MR) is 217 cm³/mol. The molecular formula is C50H30Cl2O2Zr. The summed E-state index contributed by atoms with van der Waals surface area (Å²) in [5.41, 5.74) is 10.1. The van der Waals surface area contributed by atoms with Crippen molar-refractivity contribution in [3.05, 3.63) is 191 Å². The van der Waals surface area contributed by atoms with E-state index in [-0.39, 0.29) is 32.1 Å². The number of allylic oxidation sites excluding steroid dienone is 2. The van der Waals surface area contributed by atoms with E-state index < -0.39 is 23.2 Å². The second-order valence-electron chi connectivity index (χ2n) is 14.4. The average molecular weight is 825 g/mol. The molecule has 0 spiro atoms. The van der Waals surface area contributed by atoms with E-state index in [2.05, 4.69) is 170 Å². The summed E-state index contributed by atoms with van der Waals surface area (Å²) in [6.45, 7) is 0. The standard InChI is InChI=1S/2C25H15O.2ClH.Zr/c2*1-6-12-24-16(7-1)15-25(26-24)17-13-22-20-10-4-2-8-18(20)19-9-3-5-11-21(19)23(22)14-17;;;/h2*1-15H;2*1H;/q;;;;+2/p-2. The van der Waals surface area contributed by atoms with Gasteiger partial charge in [0.15, 0.2) is 0 Å². The van der Waals surface area contributed by atoms with Gasteiger partial charge in [-0.3, -0.25) is 0 Å². The zero-order valence-corrected chi connectivity index (χ0v) is 33.4. The zero-order chi connectivity index (χ0) is 34.6. The van der Waals surface area contributed by atoms with E-state index in [1.54, 1.807) is 0 Å². The quantitative estimate of drug-likeness (QED) is 0.170. The van der Waals surface area contributed by atoms with Crippen molar-refractivity contribution < 1.29 is 56.9 Å². The normalized spacial score (nSPS) is 15.9. The molecule has 55 heavy (non-hydrogen) atoms. The first kappa shape index (κ1) is 34.3. The molecule has 0 aliphatic heterocycles. The molecule has 5 heteroatoms. The Bertz CT molecular complexity index is 2960. The maximum atomic E-state index is 6.78. The molecule has 2 nitrogen and oxygen atoms in total. The van der Waals surface area contributed by atoms with Gasteiger partial charge in [0.1, 0.15) is 0 Å². The van der Waals surface area contributed by atoms with Crippen LogP contribution in [-0.4, -0.2) is 0 Å². The van der Waals surface area contributed by atoms with E-state index in [0.717, 1.165) is 33.5 Å². The maximum Gasteiger partial charge on any atom is -1.00 e. The molecule has 260 valence electrons. The van der Waals surface area contributed by atoms with E-state index in [9.17, 15) is 0 Å². The Balaban J connectivity index is 0.00000186. The van der Waals surface area contributed by atoms with Gasteiger partial charge >= 0.3 is 319 Å². The number of fused-ring (bicyclic) bond motifs is 14. The van der Waals surface area contributed by atoms with Crippen LogP contribution in [0.2, 0.25) is 0 Å². The molecule has 0 amide bonds. The van der Waals surface area contributed by atoms with Crippen LogP contribution in [0.15, 0.2) is 167 Å². The summed E-state index contributed by atoms with van der Waals surface area (Å²) in [6.07, 6.45) is 4.96. The number of rotatable bonds is 4. The number of para-hydroxylation sites is 2. The van der Waals surface area contributed by atoms with Gasteiger partial charge in [-0.2, -0.15) is 0 Å². The van der Waals surface area contributed by atoms with Gasteiger partial charge in [0.05, 0.1) is 0 Å². The van der Waals surface area contributed by atoms with Gasteiger partial charge in [0, 0.05) is 0 Å². The molecule has 12 rings (SSSR count). The Kier molecular flexibility index (Phi) is 8.26. The minimum absolute atomic E-state index is 0. The zero-order valence-electron chi connectivity index (χ0n) is 29.4. The summed E-state index contributed by atoms with van der Waals surface area (Å²) in [4.78, 5) is 0. The van der Waals surface area contributed by atoms with Crippen LogP contribution in [0.1, 0.15) is 41.0 Å². The van der Waals surface area contributed by atoms with Crippen LogP contribution < -0.4 is 24.8 Å². The number of hydrogen-bond donors (Lipinski definition) is 0. The number of furan rings is 2. The fraction of sp³-hybridized carbons (Fsp3) is 0.0400. The van der Waals surface area contributed by atoms with Crippen LogP contribution in [0.3, 0.4) is 0 Å². The minimum atomic E-state index is -1.51. The van der Waals surface area contributed by atoms with Gasteiger partial charge in [0.2, 0.25) is 0 Å². The first-order valence-electron chi connectivity index (χ1n) is 18.3. The van der Waals surface area contributed by atoms with Crippen molar-refractivity contribution >= 4 is 88.3 Å². The topological polar surface area (TPSA) is 26.3 Å². The second-order valence-corrected chi connectivity index (χ2v) is 18.0. The van der Waals surface area contributed by atoms with Crippen LogP contribution in [0.5, 0.6) is 0 Å². The van der Waals surface area contributed by atoms with Crippen LogP contribution in [0.25, 0.3) is 88.3 Å². The molecule has 2 heterocycles. The van der Waals surface area contributed by atoms with Gasteiger partial charge in [0.25, 0.3) is 0 Å². The number of hydrogen-bond acceptors (Lipinski definition) is 2. The van der Waals surface area contributed by atoms with Crippen molar-refractivity contribution in [1.82, 2.24) is 0 Å². The fourth-order valence-electron chi connectivity index (χ4n) is 9.30. The molecule has 0 saturated carbocycles. The molecule has 0 saturated heterocycles. The smallest absolute Gasteiger partial charge is 1.00 e. The largest absolute Gasteiger partial charge is 1.00 e. The first-order valence-corrected chi connectivity index (χ1v) is 21.2. The van der Waals surface area contributed by atoms with Gasteiger partial charge < -0.3 is 24.8 Å². The molecule has 2 aromatic heterocycles. The van der Waals surface area contributed by atoms with Gasteiger partial charge in [-0.05, 0) is 0 Å². The van der Waals surface area contributed by atoms with Crippen molar-refractivity contribution in [1.29, 1.82) is 0 Å². The van der Waals surface area contributed by atoms with Gasteiger partial charge in [-0.15, -0.1) is 0 Å². The Morgan fingerprint density at radius 3 is 1.09 bits per heavy atom. The first-order chi connectivity index (χ1) is 26.3. The third kappa shape index (κ3) is 5.10. The van der Waals surface area contributed by atoms with E-state index in [4.69, 9.17) is 8.83 Å². The second kappa shape index (κ2) is 13.2. The summed E-state index contributed by atoms with van der Waals surface area (Å²) in [5, 5.41) is 12.9. The summed E-state index contributed by atoms with van der Waals surface area (Å²) < 4.78 is 14.0. The third-order valence-electron chi connectivity index (χ3n) is 11.6. The minimum Gasteiger partial charge on any atom is -1.00 e. The van der Waals surface area contributed by atoms with E-state index in [1.165, 1.54) is 76.5 Å². The van der Waals surface area contributed by atoms with Crippen molar-refractivity contribution in [3.63, 3.8) is 0 Å². The summed E-state index contributed by atoms with van der Waals surface area (Å²) in [6, 6.07) is 57.4. The fourth-order valence-corrected chi connectivity index (χ4v) is 14.5. The van der Waals surface area contributed by atoms with E-state index >= 15 is 0 Å². The summed E-state index contributed by atoms with van der Waals surface area (Å²) >= 11 is -1.51. The summed E-state index contributed by atoms with van der Waals surface area (Å²) in [5.74, 6) is 1.97. The third-order valence-corrected chi connectivity index (χ3v) is 16.2. The molecule has 0 bridgehead atoms. The van der Waals surface area contributed by atoms with E-state index in [1.807, 2.05) is 0 Å². The molecule has 8 aromatic carbocycles. The van der Waals surface area contributed by atoms with Gasteiger partial charge in [-0.25, -0.2) is 0 Å². The van der Waals surface area contributed by atoms with Crippen molar-refractivity contribution in [2.75, 3.05) is 0 Å².